The number of sulfonamides is 1. The monoisotopic (exact) mass is 304 g/mol. The van der Waals surface area contributed by atoms with E-state index < -0.39 is 26.6 Å². The van der Waals surface area contributed by atoms with E-state index in [-0.39, 0.29) is 11.7 Å². The van der Waals surface area contributed by atoms with Gasteiger partial charge in [-0.05, 0) is 30.9 Å². The molecule has 0 aliphatic heterocycles. The summed E-state index contributed by atoms with van der Waals surface area (Å²) in [6.45, 7) is 1.84. The summed E-state index contributed by atoms with van der Waals surface area (Å²) in [4.78, 5) is -0.957. The number of hydrogen-bond acceptors (Lipinski definition) is 3. The fourth-order valence-corrected chi connectivity index (χ4v) is 3.62. The van der Waals surface area contributed by atoms with E-state index in [0.29, 0.717) is 18.8 Å². The molecule has 0 aromatic heterocycles. The standard InChI is InChI=1S/C13H18F2N2O2S/c1-2-10(5-8-3-4-8)17-20(18,19)13-11(14)6-9(16)7-12(13)15/h6-8,10,17H,2-5,16H2,1H3. The van der Waals surface area contributed by atoms with Gasteiger partial charge in [0, 0.05) is 11.7 Å². The second-order valence-corrected chi connectivity index (χ2v) is 6.87. The van der Waals surface area contributed by atoms with Crippen LogP contribution in [-0.4, -0.2) is 14.5 Å². The lowest BCUT2D eigenvalue weighted by atomic mass is 10.1. The maximum atomic E-state index is 13.7. The summed E-state index contributed by atoms with van der Waals surface area (Å²) < 4.78 is 54.0. The average molecular weight is 304 g/mol. The highest BCUT2D eigenvalue weighted by molar-refractivity contribution is 7.89. The van der Waals surface area contributed by atoms with E-state index in [1.165, 1.54) is 0 Å². The Kier molecular flexibility index (Phi) is 4.29. The van der Waals surface area contributed by atoms with E-state index in [1.54, 1.807) is 0 Å². The Morgan fingerprint density at radius 2 is 1.90 bits per heavy atom. The molecule has 0 radical (unpaired) electrons. The molecule has 1 aromatic carbocycles. The normalized spacial score (nSPS) is 17.1. The maximum Gasteiger partial charge on any atom is 0.246 e. The summed E-state index contributed by atoms with van der Waals surface area (Å²) in [6.07, 6.45) is 3.45. The lowest BCUT2D eigenvalue weighted by Crippen LogP contribution is -2.35. The Balaban J connectivity index is 2.25. The predicted molar refractivity (Wildman–Crippen MR) is 72.5 cm³/mol. The van der Waals surface area contributed by atoms with E-state index in [1.807, 2.05) is 6.92 Å². The Morgan fingerprint density at radius 1 is 1.35 bits per heavy atom. The molecule has 1 atom stereocenters. The van der Waals surface area contributed by atoms with Gasteiger partial charge in [-0.3, -0.25) is 0 Å². The number of nitrogen functional groups attached to an aromatic ring is 1. The van der Waals surface area contributed by atoms with Crippen LogP contribution < -0.4 is 10.5 Å². The molecule has 0 saturated heterocycles. The largest absolute Gasteiger partial charge is 0.399 e. The van der Waals surface area contributed by atoms with E-state index >= 15 is 0 Å². The van der Waals surface area contributed by atoms with Crippen LogP contribution in [0, 0.1) is 17.6 Å². The third-order valence-corrected chi connectivity index (χ3v) is 4.99. The number of benzene rings is 1. The van der Waals surface area contributed by atoms with Crippen molar-refractivity contribution < 1.29 is 17.2 Å². The Bertz CT molecular complexity index is 577. The van der Waals surface area contributed by atoms with Crippen molar-refractivity contribution in [3.63, 3.8) is 0 Å². The van der Waals surface area contributed by atoms with Crippen LogP contribution in [0.3, 0.4) is 0 Å². The molecule has 0 amide bonds. The molecule has 1 unspecified atom stereocenters. The molecule has 0 heterocycles. The summed E-state index contributed by atoms with van der Waals surface area (Å²) in [5.74, 6) is -1.82. The summed E-state index contributed by atoms with van der Waals surface area (Å²) in [5, 5.41) is 0. The Morgan fingerprint density at radius 3 is 2.35 bits per heavy atom. The van der Waals surface area contributed by atoms with Crippen molar-refractivity contribution in [1.82, 2.24) is 4.72 Å². The highest BCUT2D eigenvalue weighted by Gasteiger charge is 2.30. The minimum Gasteiger partial charge on any atom is -0.399 e. The number of halogens is 2. The van der Waals surface area contributed by atoms with Crippen molar-refractivity contribution >= 4 is 15.7 Å². The van der Waals surface area contributed by atoms with Crippen LogP contribution >= 0.6 is 0 Å². The third kappa shape index (κ3) is 3.46. The van der Waals surface area contributed by atoms with Crippen molar-refractivity contribution in [3.05, 3.63) is 23.8 Å². The first-order chi connectivity index (χ1) is 9.33. The van der Waals surface area contributed by atoms with Crippen LogP contribution in [0.4, 0.5) is 14.5 Å². The van der Waals surface area contributed by atoms with E-state index in [9.17, 15) is 17.2 Å². The van der Waals surface area contributed by atoms with Crippen LogP contribution in [-0.2, 0) is 10.0 Å². The fraction of sp³-hybridized carbons (Fsp3) is 0.538. The highest BCUT2D eigenvalue weighted by atomic mass is 32.2. The van der Waals surface area contributed by atoms with Gasteiger partial charge in [0.15, 0.2) is 4.90 Å². The lowest BCUT2D eigenvalue weighted by Gasteiger charge is -2.17. The summed E-state index contributed by atoms with van der Waals surface area (Å²) in [6, 6.07) is 1.31. The molecule has 7 heteroatoms. The molecule has 3 N–H and O–H groups in total. The number of nitrogens with one attached hydrogen (secondary N) is 1. The van der Waals surface area contributed by atoms with Crippen LogP contribution in [0.5, 0.6) is 0 Å². The molecule has 2 rings (SSSR count). The summed E-state index contributed by atoms with van der Waals surface area (Å²) in [7, 11) is -4.22. The molecule has 1 aromatic rings. The highest BCUT2D eigenvalue weighted by Crippen LogP contribution is 2.34. The van der Waals surface area contributed by atoms with Crippen molar-refractivity contribution in [1.29, 1.82) is 0 Å². The van der Waals surface area contributed by atoms with Gasteiger partial charge in [0.2, 0.25) is 10.0 Å². The fourth-order valence-electron chi connectivity index (χ4n) is 2.17. The zero-order valence-electron chi connectivity index (χ0n) is 11.2. The quantitative estimate of drug-likeness (QED) is 0.793. The summed E-state index contributed by atoms with van der Waals surface area (Å²) >= 11 is 0. The van der Waals surface area contributed by atoms with Gasteiger partial charge < -0.3 is 5.73 Å². The van der Waals surface area contributed by atoms with Crippen molar-refractivity contribution in [2.24, 2.45) is 5.92 Å². The zero-order valence-corrected chi connectivity index (χ0v) is 12.0. The van der Waals surface area contributed by atoms with Gasteiger partial charge in [0.1, 0.15) is 11.6 Å². The average Bonchev–Trinajstić information content (AvgIpc) is 3.09. The van der Waals surface area contributed by atoms with Gasteiger partial charge in [-0.1, -0.05) is 19.8 Å². The van der Waals surface area contributed by atoms with Gasteiger partial charge in [0.25, 0.3) is 0 Å². The second-order valence-electron chi connectivity index (χ2n) is 5.22. The van der Waals surface area contributed by atoms with E-state index in [0.717, 1.165) is 25.0 Å². The van der Waals surface area contributed by atoms with Crippen LogP contribution in [0.25, 0.3) is 0 Å². The molecule has 0 bridgehead atoms. The molecule has 1 aliphatic rings. The van der Waals surface area contributed by atoms with E-state index in [2.05, 4.69) is 4.72 Å². The second kappa shape index (κ2) is 5.65. The number of anilines is 1. The van der Waals surface area contributed by atoms with Crippen LogP contribution in [0.1, 0.15) is 32.6 Å². The molecule has 112 valence electrons. The van der Waals surface area contributed by atoms with Crippen LogP contribution in [0.2, 0.25) is 0 Å². The van der Waals surface area contributed by atoms with Crippen molar-refractivity contribution in [2.75, 3.05) is 5.73 Å². The van der Waals surface area contributed by atoms with Gasteiger partial charge >= 0.3 is 0 Å². The van der Waals surface area contributed by atoms with Crippen molar-refractivity contribution in [2.45, 2.75) is 43.5 Å². The lowest BCUT2D eigenvalue weighted by molar-refractivity contribution is 0.480. The van der Waals surface area contributed by atoms with Gasteiger partial charge in [-0.25, -0.2) is 21.9 Å². The minimum absolute atomic E-state index is 0.149. The maximum absolute atomic E-state index is 13.7. The SMILES string of the molecule is CCC(CC1CC1)NS(=O)(=O)c1c(F)cc(N)cc1F. The molecular weight excluding hydrogens is 286 g/mol. The first-order valence-corrected chi connectivity index (χ1v) is 8.08. The smallest absolute Gasteiger partial charge is 0.246 e. The van der Waals surface area contributed by atoms with E-state index in [4.69, 9.17) is 5.73 Å². The van der Waals surface area contributed by atoms with Gasteiger partial charge in [0.05, 0.1) is 0 Å². The molecule has 1 saturated carbocycles. The van der Waals surface area contributed by atoms with Crippen LogP contribution in [0.15, 0.2) is 17.0 Å². The third-order valence-electron chi connectivity index (χ3n) is 3.42. The first kappa shape index (κ1) is 15.2. The Hall–Kier alpha value is -1.21. The number of hydrogen-bond donors (Lipinski definition) is 2. The van der Waals surface area contributed by atoms with Gasteiger partial charge in [-0.2, -0.15) is 0 Å². The molecule has 20 heavy (non-hydrogen) atoms. The van der Waals surface area contributed by atoms with Gasteiger partial charge in [-0.15, -0.1) is 0 Å². The summed E-state index contributed by atoms with van der Waals surface area (Å²) in [5.41, 5.74) is 5.13. The van der Waals surface area contributed by atoms with Crippen molar-refractivity contribution in [3.8, 4) is 0 Å². The zero-order chi connectivity index (χ0) is 14.9. The Labute approximate surface area is 117 Å². The predicted octanol–water partition coefficient (Wildman–Crippen LogP) is 2.40. The molecule has 0 spiro atoms. The molecule has 1 aliphatic carbocycles. The molecule has 1 fully saturated rings. The number of nitrogens with two attached hydrogens (primary N) is 1. The first-order valence-electron chi connectivity index (χ1n) is 6.60. The molecule has 4 nitrogen and oxygen atoms in total. The number of rotatable bonds is 6. The molecular formula is C13H18F2N2O2S. The minimum atomic E-state index is -4.22. The topological polar surface area (TPSA) is 72.2 Å².